The van der Waals surface area contributed by atoms with E-state index in [9.17, 15) is 4.79 Å². The number of methoxy groups -OCH3 is 1. The lowest BCUT2D eigenvalue weighted by Gasteiger charge is -2.45. The van der Waals surface area contributed by atoms with Gasteiger partial charge in [-0.3, -0.25) is 4.58 Å². The van der Waals surface area contributed by atoms with E-state index in [0.717, 1.165) is 37.7 Å². The molecule has 7 rings (SSSR count). The van der Waals surface area contributed by atoms with Gasteiger partial charge in [-0.1, -0.05) is 172 Å². The number of aryl methyl sites for hydroxylation is 1. The molecule has 0 bridgehead atoms. The van der Waals surface area contributed by atoms with Crippen LogP contribution in [-0.2, 0) is 46.7 Å². The number of benzene rings is 6. The minimum atomic E-state index is -3.13. The molecule has 1 saturated heterocycles. The predicted octanol–water partition coefficient (Wildman–Crippen LogP) is 9.66. The van der Waals surface area contributed by atoms with Crippen molar-refractivity contribution in [2.45, 2.75) is 80.7 Å². The molecule has 0 amide bonds. The van der Waals surface area contributed by atoms with Crippen molar-refractivity contribution in [1.29, 1.82) is 0 Å². The number of ether oxygens (including phenoxy) is 4. The molecule has 0 spiro atoms. The Morgan fingerprint density at radius 3 is 1.79 bits per heavy atom. The van der Waals surface area contributed by atoms with Crippen molar-refractivity contribution in [1.82, 2.24) is 0 Å². The second-order valence-corrected chi connectivity index (χ2v) is 21.5. The summed E-state index contributed by atoms with van der Waals surface area (Å²) in [6, 6.07) is 54.9. The highest BCUT2D eigenvalue weighted by molar-refractivity contribution is 7.99. The van der Waals surface area contributed by atoms with Crippen LogP contribution < -0.4 is 15.1 Å². The highest BCUT2D eigenvalue weighted by atomic mass is 32.2. The number of esters is 1. The van der Waals surface area contributed by atoms with E-state index in [0.29, 0.717) is 5.56 Å². The van der Waals surface area contributed by atoms with Crippen LogP contribution in [0.2, 0.25) is 5.04 Å². The Morgan fingerprint density at radius 1 is 0.645 bits per heavy atom. The SMILES string of the molecule is COc1ccc(COO[C@H]2[C@H](OCc3ccccc3)[C@@H](OC(=O)c3ccccc3)[C@H](Sc3ccc(C)cc3)O[C@H]2COO[Si](c2ccccc2)(c2ccccc2)C(C)(C)C)cc1. The summed E-state index contributed by atoms with van der Waals surface area (Å²) in [7, 11) is -1.51. The third-order valence-electron chi connectivity index (χ3n) is 10.8. The summed E-state index contributed by atoms with van der Waals surface area (Å²) in [4.78, 5) is 33.9. The summed E-state index contributed by atoms with van der Waals surface area (Å²) in [5.74, 6) is 0.202. The average Bonchev–Trinajstić information content (AvgIpc) is 3.30. The van der Waals surface area contributed by atoms with Crippen molar-refractivity contribution in [3.63, 3.8) is 0 Å². The molecule has 9 nitrogen and oxygen atoms in total. The highest BCUT2D eigenvalue weighted by Crippen LogP contribution is 2.40. The second-order valence-electron chi connectivity index (χ2n) is 16.2. The number of rotatable bonds is 18. The van der Waals surface area contributed by atoms with Crippen LogP contribution in [-0.4, -0.2) is 57.9 Å². The van der Waals surface area contributed by atoms with Gasteiger partial charge in [0.15, 0.2) is 12.2 Å². The van der Waals surface area contributed by atoms with Crippen molar-refractivity contribution in [2.24, 2.45) is 0 Å². The molecular formula is C51H54O9SSi. The maximum absolute atomic E-state index is 14.0. The lowest BCUT2D eigenvalue weighted by atomic mass is 9.99. The summed E-state index contributed by atoms with van der Waals surface area (Å²) < 4.78 is 32.6. The quantitative estimate of drug-likeness (QED) is 0.0360. The van der Waals surface area contributed by atoms with Crippen LogP contribution in [0.4, 0.5) is 0 Å². The van der Waals surface area contributed by atoms with Crippen molar-refractivity contribution >= 4 is 36.4 Å². The first-order valence-electron chi connectivity index (χ1n) is 20.8. The normalized spacial score (nSPS) is 19.1. The molecule has 322 valence electrons. The Balaban J connectivity index is 1.27. The van der Waals surface area contributed by atoms with Crippen LogP contribution >= 0.6 is 11.8 Å². The van der Waals surface area contributed by atoms with E-state index in [2.05, 4.69) is 45.0 Å². The summed E-state index contributed by atoms with van der Waals surface area (Å²) in [6.07, 6.45) is -3.68. The van der Waals surface area contributed by atoms with Crippen molar-refractivity contribution in [2.75, 3.05) is 13.7 Å². The maximum atomic E-state index is 14.0. The fourth-order valence-electron chi connectivity index (χ4n) is 7.51. The fourth-order valence-corrected chi connectivity index (χ4v) is 12.7. The lowest BCUT2D eigenvalue weighted by molar-refractivity contribution is -0.391. The van der Waals surface area contributed by atoms with Crippen molar-refractivity contribution < 1.29 is 43.0 Å². The molecule has 0 aliphatic carbocycles. The predicted molar refractivity (Wildman–Crippen MR) is 244 cm³/mol. The van der Waals surface area contributed by atoms with Crippen LogP contribution in [0.1, 0.15) is 47.8 Å². The molecule has 1 heterocycles. The number of carbonyl (C=O) groups excluding carboxylic acids is 1. The smallest absolute Gasteiger partial charge is 0.338 e. The Bertz CT molecular complexity index is 2220. The molecule has 62 heavy (non-hydrogen) atoms. The van der Waals surface area contributed by atoms with Gasteiger partial charge in [0, 0.05) is 4.90 Å². The maximum Gasteiger partial charge on any atom is 0.338 e. The van der Waals surface area contributed by atoms with Gasteiger partial charge in [0.25, 0.3) is 0 Å². The summed E-state index contributed by atoms with van der Waals surface area (Å²) in [6.45, 7) is 8.82. The molecule has 5 atom stereocenters. The molecule has 0 unspecified atom stereocenters. The third kappa shape index (κ3) is 11.1. The Hall–Kier alpha value is -5.08. The largest absolute Gasteiger partial charge is 0.497 e. The van der Waals surface area contributed by atoms with Gasteiger partial charge in [-0.2, -0.15) is 0 Å². The summed E-state index contributed by atoms with van der Waals surface area (Å²) >= 11 is 1.44. The summed E-state index contributed by atoms with van der Waals surface area (Å²) in [5.41, 5.74) is 2.52. The molecule has 1 aliphatic heterocycles. The molecule has 11 heteroatoms. The minimum Gasteiger partial charge on any atom is -0.497 e. The van der Waals surface area contributed by atoms with Crippen molar-refractivity contribution in [3.05, 3.63) is 192 Å². The summed E-state index contributed by atoms with van der Waals surface area (Å²) in [5, 5.41) is 1.76. The lowest BCUT2D eigenvalue weighted by Crippen LogP contribution is -2.67. The van der Waals surface area contributed by atoms with Gasteiger partial charge in [-0.25, -0.2) is 19.5 Å². The van der Waals surface area contributed by atoms with Crippen LogP contribution in [0.15, 0.2) is 175 Å². The minimum absolute atomic E-state index is 0.0729. The topological polar surface area (TPSA) is 90.9 Å². The number of hydrogen-bond acceptors (Lipinski definition) is 10. The average molecular weight is 871 g/mol. The van der Waals surface area contributed by atoms with E-state index in [1.807, 2.05) is 128 Å². The van der Waals surface area contributed by atoms with Gasteiger partial charge in [-0.05, 0) is 69.9 Å². The van der Waals surface area contributed by atoms with Gasteiger partial charge in [0.05, 0.1) is 19.3 Å². The van der Waals surface area contributed by atoms with E-state index in [1.54, 1.807) is 31.4 Å². The molecule has 6 aromatic carbocycles. The number of hydrogen-bond donors (Lipinski definition) is 0. The van der Waals surface area contributed by atoms with Crippen LogP contribution in [0.3, 0.4) is 0 Å². The van der Waals surface area contributed by atoms with Crippen molar-refractivity contribution in [3.8, 4) is 5.75 Å². The zero-order valence-corrected chi connectivity index (χ0v) is 37.6. The zero-order chi connectivity index (χ0) is 43.4. The monoisotopic (exact) mass is 870 g/mol. The number of carbonyl (C=O) groups is 1. The first kappa shape index (κ1) is 45.0. The molecule has 1 aliphatic rings. The second kappa shape index (κ2) is 21.3. The first-order chi connectivity index (χ1) is 30.1. The van der Waals surface area contributed by atoms with E-state index in [4.69, 9.17) is 38.2 Å². The van der Waals surface area contributed by atoms with Crippen LogP contribution in [0, 0.1) is 6.92 Å². The van der Waals surface area contributed by atoms with E-state index in [1.165, 1.54) is 11.8 Å². The van der Waals surface area contributed by atoms with Crippen LogP contribution in [0.25, 0.3) is 0 Å². The molecule has 0 saturated carbocycles. The van der Waals surface area contributed by atoms with Gasteiger partial charge in [-0.15, -0.1) is 0 Å². The highest BCUT2D eigenvalue weighted by Gasteiger charge is 2.54. The van der Waals surface area contributed by atoms with E-state index < -0.39 is 44.1 Å². The third-order valence-corrected chi connectivity index (χ3v) is 16.7. The molecule has 0 radical (unpaired) electrons. The Morgan fingerprint density at radius 2 is 1.21 bits per heavy atom. The van der Waals surface area contributed by atoms with Gasteiger partial charge >= 0.3 is 14.3 Å². The molecule has 0 N–H and O–H groups in total. The zero-order valence-electron chi connectivity index (χ0n) is 35.8. The van der Waals surface area contributed by atoms with Crippen LogP contribution in [0.5, 0.6) is 5.75 Å². The Kier molecular flexibility index (Phi) is 15.5. The molecule has 6 aromatic rings. The Labute approximate surface area is 370 Å². The molecule has 1 fully saturated rings. The van der Waals surface area contributed by atoms with Gasteiger partial charge in [0.1, 0.15) is 36.6 Å². The van der Waals surface area contributed by atoms with Gasteiger partial charge < -0.3 is 18.9 Å². The van der Waals surface area contributed by atoms with E-state index in [-0.39, 0.29) is 24.9 Å². The molecule has 0 aromatic heterocycles. The number of thioether (sulfide) groups is 1. The molecular weight excluding hydrogens is 817 g/mol. The first-order valence-corrected chi connectivity index (χ1v) is 23.6. The fraction of sp³-hybridized carbons (Fsp3) is 0.275. The standard InChI is InChI=1S/C51H54O9SSi/c1-37-26-32-42(33-27-37)61-50-48(58-49(52)40-20-12-7-13-21-40)47(54-34-38-18-10-6-11-19-38)46(59-55-35-39-28-30-41(53-5)31-29-39)45(57-50)36-56-60-62(51(2,3)4,43-22-14-8-15-23-43)44-24-16-9-17-25-44/h6-33,45-48,50H,34-36H2,1-5H3/t45-,46+,47-,48+,50-/m0/s1. The van der Waals surface area contributed by atoms with E-state index >= 15 is 0 Å². The van der Waals surface area contributed by atoms with Gasteiger partial charge in [0.2, 0.25) is 0 Å².